The molecule has 1 N–H and O–H groups in total. The Hall–Kier alpha value is -1.40. The molecule has 1 aromatic rings. The molecule has 2 aliphatic rings. The van der Waals surface area contributed by atoms with Crippen molar-refractivity contribution in [2.24, 2.45) is 11.8 Å². The number of carbonyl (C=O) groups is 2. The number of piperidine rings is 1. The highest BCUT2D eigenvalue weighted by molar-refractivity contribution is 9.10. The zero-order chi connectivity index (χ0) is 18.5. The summed E-state index contributed by atoms with van der Waals surface area (Å²) in [7, 11) is 0. The molecule has 3 rings (SSSR count). The molecule has 2 aliphatic heterocycles. The molecule has 2 amide bonds. The molecule has 2 fully saturated rings. The molecule has 0 spiro atoms. The average molecular weight is 422 g/mol. The minimum atomic E-state index is -0.253. The van der Waals surface area contributed by atoms with Gasteiger partial charge >= 0.3 is 0 Å². The van der Waals surface area contributed by atoms with Gasteiger partial charge in [0.1, 0.15) is 0 Å². The summed E-state index contributed by atoms with van der Waals surface area (Å²) in [6.07, 6.45) is 3.87. The molecular weight excluding hydrogens is 394 g/mol. The van der Waals surface area contributed by atoms with E-state index in [1.54, 1.807) is 4.90 Å². The predicted octanol–water partition coefficient (Wildman–Crippen LogP) is 3.04. The number of nitrogens with one attached hydrogen (secondary N) is 1. The molecule has 0 aromatic heterocycles. The van der Waals surface area contributed by atoms with E-state index >= 15 is 0 Å². The minimum absolute atomic E-state index is 0.00265. The lowest BCUT2D eigenvalue weighted by Gasteiger charge is -2.30. The number of carbonyl (C=O) groups excluding carboxylic acids is 2. The van der Waals surface area contributed by atoms with Gasteiger partial charge < -0.3 is 15.1 Å². The Morgan fingerprint density at radius 1 is 1.35 bits per heavy atom. The van der Waals surface area contributed by atoms with Crippen LogP contribution in [0.4, 0.5) is 5.69 Å². The van der Waals surface area contributed by atoms with E-state index in [0.717, 1.165) is 29.0 Å². The van der Waals surface area contributed by atoms with E-state index in [-0.39, 0.29) is 17.7 Å². The summed E-state index contributed by atoms with van der Waals surface area (Å²) in [5.41, 5.74) is 0.846. The van der Waals surface area contributed by atoms with Crippen LogP contribution in [0.2, 0.25) is 0 Å². The molecule has 2 unspecified atom stereocenters. The topological polar surface area (TPSA) is 52.7 Å². The molecule has 0 radical (unpaired) electrons. The van der Waals surface area contributed by atoms with Crippen molar-refractivity contribution < 1.29 is 9.59 Å². The van der Waals surface area contributed by atoms with Gasteiger partial charge in [-0.05, 0) is 56.5 Å². The van der Waals surface area contributed by atoms with Gasteiger partial charge in [-0.3, -0.25) is 9.59 Å². The Morgan fingerprint density at radius 2 is 2.19 bits per heavy atom. The lowest BCUT2D eigenvalue weighted by molar-refractivity contribution is -0.126. The molecule has 2 saturated heterocycles. The van der Waals surface area contributed by atoms with Gasteiger partial charge in [-0.2, -0.15) is 0 Å². The van der Waals surface area contributed by atoms with E-state index < -0.39 is 0 Å². The number of hydrogen-bond acceptors (Lipinski definition) is 3. The first kappa shape index (κ1) is 19.4. The third-order valence-corrected chi connectivity index (χ3v) is 5.80. The van der Waals surface area contributed by atoms with Gasteiger partial charge in [0.05, 0.1) is 5.92 Å². The number of likely N-dealkylation sites (tertiary alicyclic amines) is 1. The van der Waals surface area contributed by atoms with Crippen LogP contribution in [0.5, 0.6) is 0 Å². The van der Waals surface area contributed by atoms with Crippen molar-refractivity contribution in [3.8, 4) is 0 Å². The summed E-state index contributed by atoms with van der Waals surface area (Å²) in [6.45, 7) is 6.85. The minimum Gasteiger partial charge on any atom is -0.356 e. The molecule has 2 heterocycles. The molecule has 142 valence electrons. The van der Waals surface area contributed by atoms with Gasteiger partial charge in [0.2, 0.25) is 11.8 Å². The average Bonchev–Trinajstić information content (AvgIpc) is 3.00. The van der Waals surface area contributed by atoms with Crippen LogP contribution in [0, 0.1) is 11.8 Å². The van der Waals surface area contributed by atoms with E-state index in [1.807, 2.05) is 24.3 Å². The van der Waals surface area contributed by atoms with E-state index in [2.05, 4.69) is 33.1 Å². The maximum Gasteiger partial charge on any atom is 0.227 e. The summed E-state index contributed by atoms with van der Waals surface area (Å²) in [6, 6.07) is 7.65. The normalized spacial score (nSPS) is 24.1. The van der Waals surface area contributed by atoms with E-state index in [4.69, 9.17) is 0 Å². The zero-order valence-corrected chi connectivity index (χ0v) is 17.0. The van der Waals surface area contributed by atoms with Crippen molar-refractivity contribution in [3.63, 3.8) is 0 Å². The number of rotatable bonds is 6. The highest BCUT2D eigenvalue weighted by Gasteiger charge is 2.35. The number of hydrogen-bond donors (Lipinski definition) is 1. The Balaban J connectivity index is 1.42. The Kier molecular flexibility index (Phi) is 6.70. The fourth-order valence-electron chi connectivity index (χ4n) is 3.93. The van der Waals surface area contributed by atoms with Crippen LogP contribution in [-0.2, 0) is 9.59 Å². The number of anilines is 1. The van der Waals surface area contributed by atoms with Crippen molar-refractivity contribution in [1.29, 1.82) is 0 Å². The highest BCUT2D eigenvalue weighted by atomic mass is 79.9. The lowest BCUT2D eigenvalue weighted by Crippen LogP contribution is -2.38. The second kappa shape index (κ2) is 9.00. The van der Waals surface area contributed by atoms with Crippen LogP contribution in [0.25, 0.3) is 0 Å². The smallest absolute Gasteiger partial charge is 0.227 e. The molecular formula is C20H28BrN3O2. The molecule has 0 aliphatic carbocycles. The lowest BCUT2D eigenvalue weighted by atomic mass is 10.0. The third-order valence-electron chi connectivity index (χ3n) is 5.31. The molecule has 0 bridgehead atoms. The summed E-state index contributed by atoms with van der Waals surface area (Å²) in [4.78, 5) is 28.9. The van der Waals surface area contributed by atoms with Gasteiger partial charge in [-0.1, -0.05) is 28.9 Å². The van der Waals surface area contributed by atoms with Crippen molar-refractivity contribution >= 4 is 33.4 Å². The Bertz CT molecular complexity index is 652. The monoisotopic (exact) mass is 421 g/mol. The first-order valence-electron chi connectivity index (χ1n) is 9.59. The van der Waals surface area contributed by atoms with Crippen LogP contribution in [0.3, 0.4) is 0 Å². The molecule has 6 heteroatoms. The molecule has 0 saturated carbocycles. The van der Waals surface area contributed by atoms with Crippen molar-refractivity contribution in [2.75, 3.05) is 37.6 Å². The van der Waals surface area contributed by atoms with Crippen LogP contribution < -0.4 is 10.2 Å². The van der Waals surface area contributed by atoms with Crippen LogP contribution in [0.1, 0.15) is 32.6 Å². The number of benzene rings is 1. The van der Waals surface area contributed by atoms with E-state index in [1.165, 1.54) is 25.9 Å². The predicted molar refractivity (Wildman–Crippen MR) is 107 cm³/mol. The second-order valence-corrected chi connectivity index (χ2v) is 8.49. The Morgan fingerprint density at radius 3 is 2.96 bits per heavy atom. The summed E-state index contributed by atoms with van der Waals surface area (Å²) in [5.74, 6) is 0.553. The van der Waals surface area contributed by atoms with Crippen molar-refractivity contribution in [3.05, 3.63) is 28.7 Å². The molecule has 2 atom stereocenters. The van der Waals surface area contributed by atoms with Gasteiger partial charge in [-0.15, -0.1) is 0 Å². The molecule has 5 nitrogen and oxygen atoms in total. The van der Waals surface area contributed by atoms with Gasteiger partial charge in [0.25, 0.3) is 0 Å². The number of nitrogens with zero attached hydrogens (tertiary/aromatic N) is 2. The van der Waals surface area contributed by atoms with Gasteiger partial charge in [-0.25, -0.2) is 0 Å². The fraction of sp³-hybridized carbons (Fsp3) is 0.600. The van der Waals surface area contributed by atoms with E-state index in [0.29, 0.717) is 19.5 Å². The second-order valence-electron chi connectivity index (χ2n) is 7.58. The number of amides is 2. The summed E-state index contributed by atoms with van der Waals surface area (Å²) < 4.78 is 0.933. The fourth-order valence-corrected chi connectivity index (χ4v) is 4.31. The highest BCUT2D eigenvalue weighted by Crippen LogP contribution is 2.27. The summed E-state index contributed by atoms with van der Waals surface area (Å²) >= 11 is 3.43. The van der Waals surface area contributed by atoms with Gasteiger partial charge in [0, 0.05) is 36.2 Å². The van der Waals surface area contributed by atoms with Crippen LogP contribution in [-0.4, -0.2) is 49.4 Å². The van der Waals surface area contributed by atoms with Crippen molar-refractivity contribution in [2.45, 2.75) is 32.6 Å². The van der Waals surface area contributed by atoms with Crippen molar-refractivity contribution in [1.82, 2.24) is 10.2 Å². The Labute approximate surface area is 164 Å². The number of halogens is 1. The summed E-state index contributed by atoms with van der Waals surface area (Å²) in [5, 5.41) is 3.03. The molecule has 26 heavy (non-hydrogen) atoms. The van der Waals surface area contributed by atoms with E-state index in [9.17, 15) is 9.59 Å². The molecule has 1 aromatic carbocycles. The quantitative estimate of drug-likeness (QED) is 0.718. The largest absolute Gasteiger partial charge is 0.356 e. The van der Waals surface area contributed by atoms with Gasteiger partial charge in [0.15, 0.2) is 0 Å². The maximum absolute atomic E-state index is 12.4. The first-order valence-corrected chi connectivity index (χ1v) is 10.4. The van der Waals surface area contributed by atoms with Crippen LogP contribution in [0.15, 0.2) is 28.7 Å². The van der Waals surface area contributed by atoms with Crippen LogP contribution >= 0.6 is 15.9 Å². The maximum atomic E-state index is 12.4. The third kappa shape index (κ3) is 5.07. The first-order chi connectivity index (χ1) is 12.5. The zero-order valence-electron chi connectivity index (χ0n) is 15.4. The SMILES string of the molecule is CC1CCCN(CCCNC(=O)C2CC(=O)N(c3cccc(Br)c3)C2)C1. The standard InChI is InChI=1S/C20H28BrN3O2/c1-15-5-3-9-23(13-15)10-4-8-22-20(26)16-11-19(25)24(14-16)18-7-2-6-17(21)12-18/h2,6-7,12,15-16H,3-5,8-11,13-14H2,1H3,(H,22,26).